The Morgan fingerprint density at radius 1 is 1.04 bits per heavy atom. The zero-order chi connectivity index (χ0) is 16.8. The summed E-state index contributed by atoms with van der Waals surface area (Å²) in [4.78, 5) is 23.1. The maximum atomic E-state index is 11.8. The molecule has 120 valence electrons. The van der Waals surface area contributed by atoms with Gasteiger partial charge in [-0.1, -0.05) is 23.2 Å². The van der Waals surface area contributed by atoms with Crippen molar-refractivity contribution in [2.24, 2.45) is 0 Å². The van der Waals surface area contributed by atoms with E-state index >= 15 is 0 Å². The van der Waals surface area contributed by atoms with Crippen LogP contribution in [0.3, 0.4) is 0 Å². The fraction of sp³-hybridized carbons (Fsp3) is 0.125. The molecule has 0 bridgehead atoms. The van der Waals surface area contributed by atoms with E-state index < -0.39 is 5.97 Å². The number of hydrogen-bond acceptors (Lipinski definition) is 4. The zero-order valence-corrected chi connectivity index (χ0v) is 13.6. The smallest absolute Gasteiger partial charge is 0.337 e. The molecular weight excluding hydrogens is 341 g/mol. The van der Waals surface area contributed by atoms with Crippen molar-refractivity contribution in [1.29, 1.82) is 0 Å². The zero-order valence-electron chi connectivity index (χ0n) is 12.1. The summed E-state index contributed by atoms with van der Waals surface area (Å²) < 4.78 is 9.92. The van der Waals surface area contributed by atoms with Crippen molar-refractivity contribution in [2.75, 3.05) is 19.0 Å². The van der Waals surface area contributed by atoms with E-state index in [0.29, 0.717) is 27.0 Å². The third-order valence-electron chi connectivity index (χ3n) is 2.80. The number of methoxy groups -OCH3 is 1. The number of benzene rings is 2. The molecule has 0 fully saturated rings. The van der Waals surface area contributed by atoms with Gasteiger partial charge in [0.15, 0.2) is 6.61 Å². The monoisotopic (exact) mass is 353 g/mol. The first-order valence-electron chi connectivity index (χ1n) is 6.55. The Morgan fingerprint density at radius 3 is 2.22 bits per heavy atom. The Kier molecular flexibility index (Phi) is 5.84. The van der Waals surface area contributed by atoms with Gasteiger partial charge in [-0.2, -0.15) is 0 Å². The van der Waals surface area contributed by atoms with Gasteiger partial charge in [0.05, 0.1) is 12.7 Å². The fourth-order valence-electron chi connectivity index (χ4n) is 1.77. The van der Waals surface area contributed by atoms with E-state index in [1.807, 2.05) is 0 Å². The molecule has 1 N–H and O–H groups in total. The van der Waals surface area contributed by atoms with Gasteiger partial charge in [0, 0.05) is 15.7 Å². The van der Waals surface area contributed by atoms with Gasteiger partial charge >= 0.3 is 5.97 Å². The van der Waals surface area contributed by atoms with Gasteiger partial charge in [-0.25, -0.2) is 4.79 Å². The third-order valence-corrected chi connectivity index (χ3v) is 3.23. The Balaban J connectivity index is 1.90. The minimum absolute atomic E-state index is 0.199. The van der Waals surface area contributed by atoms with Gasteiger partial charge in [0.2, 0.25) is 0 Å². The van der Waals surface area contributed by atoms with Gasteiger partial charge in [0.1, 0.15) is 5.75 Å². The van der Waals surface area contributed by atoms with Crippen molar-refractivity contribution in [2.45, 2.75) is 0 Å². The summed E-state index contributed by atoms with van der Waals surface area (Å²) >= 11 is 11.7. The normalized spacial score (nSPS) is 10.0. The van der Waals surface area contributed by atoms with Gasteiger partial charge in [0.25, 0.3) is 5.91 Å². The predicted octanol–water partition coefficient (Wildman–Crippen LogP) is 3.80. The van der Waals surface area contributed by atoms with Crippen LogP contribution in [0.2, 0.25) is 10.0 Å². The molecule has 2 aromatic carbocycles. The highest BCUT2D eigenvalue weighted by Crippen LogP contribution is 2.24. The molecule has 7 heteroatoms. The number of amides is 1. The van der Waals surface area contributed by atoms with Crippen LogP contribution in [-0.4, -0.2) is 25.6 Å². The highest BCUT2D eigenvalue weighted by molar-refractivity contribution is 6.34. The van der Waals surface area contributed by atoms with E-state index in [9.17, 15) is 9.59 Å². The molecule has 0 aliphatic rings. The van der Waals surface area contributed by atoms with Gasteiger partial charge in [-0.3, -0.25) is 4.79 Å². The fourth-order valence-corrected chi connectivity index (χ4v) is 2.27. The lowest BCUT2D eigenvalue weighted by atomic mass is 10.2. The standard InChI is InChI=1S/C16H13Cl2NO4/c1-22-16(21)10-2-4-13(5-3-10)19-15(20)9-23-14-7-11(17)6-12(18)8-14/h2-8H,9H2,1H3,(H,19,20). The van der Waals surface area contributed by atoms with E-state index in [1.54, 1.807) is 42.5 Å². The lowest BCUT2D eigenvalue weighted by Gasteiger charge is -2.08. The molecule has 0 aliphatic heterocycles. The quantitative estimate of drug-likeness (QED) is 0.830. The molecule has 2 aromatic rings. The molecule has 0 heterocycles. The summed E-state index contributed by atoms with van der Waals surface area (Å²) in [6.45, 7) is -0.199. The van der Waals surface area contributed by atoms with Crippen LogP contribution in [0, 0.1) is 0 Å². The van der Waals surface area contributed by atoms with Crippen LogP contribution < -0.4 is 10.1 Å². The van der Waals surface area contributed by atoms with E-state index in [0.717, 1.165) is 0 Å². The molecule has 0 radical (unpaired) electrons. The number of nitrogens with one attached hydrogen (secondary N) is 1. The van der Waals surface area contributed by atoms with Crippen LogP contribution >= 0.6 is 23.2 Å². The summed E-state index contributed by atoms with van der Waals surface area (Å²) in [5, 5.41) is 3.49. The number of ether oxygens (including phenoxy) is 2. The molecule has 0 aromatic heterocycles. The van der Waals surface area contributed by atoms with Crippen molar-refractivity contribution >= 4 is 40.8 Å². The Labute approximate surface area is 143 Å². The summed E-state index contributed by atoms with van der Waals surface area (Å²) in [5.74, 6) is -0.394. The average Bonchev–Trinajstić information content (AvgIpc) is 2.52. The first kappa shape index (κ1) is 17.1. The largest absolute Gasteiger partial charge is 0.484 e. The topological polar surface area (TPSA) is 64.6 Å². The highest BCUT2D eigenvalue weighted by Gasteiger charge is 2.07. The molecule has 0 saturated carbocycles. The molecule has 0 aliphatic carbocycles. The number of anilines is 1. The van der Waals surface area contributed by atoms with E-state index in [1.165, 1.54) is 7.11 Å². The third kappa shape index (κ3) is 5.16. The maximum Gasteiger partial charge on any atom is 0.337 e. The Hall–Kier alpha value is -2.24. The van der Waals surface area contributed by atoms with Crippen LogP contribution in [0.1, 0.15) is 10.4 Å². The minimum atomic E-state index is -0.441. The molecule has 23 heavy (non-hydrogen) atoms. The number of carbonyl (C=O) groups excluding carboxylic acids is 2. The summed E-state index contributed by atoms with van der Waals surface area (Å²) in [7, 11) is 1.30. The number of carbonyl (C=O) groups is 2. The summed E-state index contributed by atoms with van der Waals surface area (Å²) in [6, 6.07) is 11.0. The SMILES string of the molecule is COC(=O)c1ccc(NC(=O)COc2cc(Cl)cc(Cl)c2)cc1. The molecule has 0 atom stereocenters. The van der Waals surface area contributed by atoms with Crippen LogP contribution in [0.25, 0.3) is 0 Å². The molecule has 0 spiro atoms. The lowest BCUT2D eigenvalue weighted by Crippen LogP contribution is -2.20. The van der Waals surface area contributed by atoms with Crippen molar-refractivity contribution in [3.8, 4) is 5.75 Å². The van der Waals surface area contributed by atoms with Crippen LogP contribution in [0.15, 0.2) is 42.5 Å². The number of hydrogen-bond donors (Lipinski definition) is 1. The second kappa shape index (κ2) is 7.85. The van der Waals surface area contributed by atoms with E-state index in [2.05, 4.69) is 10.1 Å². The van der Waals surface area contributed by atoms with E-state index in [-0.39, 0.29) is 12.5 Å². The van der Waals surface area contributed by atoms with E-state index in [4.69, 9.17) is 27.9 Å². The lowest BCUT2D eigenvalue weighted by molar-refractivity contribution is -0.118. The molecule has 0 unspecified atom stereocenters. The summed E-state index contributed by atoms with van der Waals surface area (Å²) in [5.41, 5.74) is 0.936. The van der Waals surface area contributed by atoms with Crippen molar-refractivity contribution in [1.82, 2.24) is 0 Å². The van der Waals surface area contributed by atoms with Gasteiger partial charge in [-0.05, 0) is 42.5 Å². The maximum absolute atomic E-state index is 11.8. The minimum Gasteiger partial charge on any atom is -0.484 e. The molecule has 5 nitrogen and oxygen atoms in total. The highest BCUT2D eigenvalue weighted by atomic mass is 35.5. The predicted molar refractivity (Wildman–Crippen MR) is 88.4 cm³/mol. The number of esters is 1. The Bertz CT molecular complexity index is 696. The molecule has 0 saturated heterocycles. The van der Waals surface area contributed by atoms with Gasteiger partial charge < -0.3 is 14.8 Å². The second-order valence-corrected chi connectivity index (χ2v) is 5.38. The number of rotatable bonds is 5. The first-order valence-corrected chi connectivity index (χ1v) is 7.30. The second-order valence-electron chi connectivity index (χ2n) is 4.51. The van der Waals surface area contributed by atoms with Crippen molar-refractivity contribution < 1.29 is 19.1 Å². The molecule has 1 amide bonds. The van der Waals surface area contributed by atoms with Crippen LogP contribution in [0.4, 0.5) is 5.69 Å². The first-order chi connectivity index (χ1) is 11.0. The molecule has 2 rings (SSSR count). The van der Waals surface area contributed by atoms with Crippen LogP contribution in [-0.2, 0) is 9.53 Å². The van der Waals surface area contributed by atoms with Gasteiger partial charge in [-0.15, -0.1) is 0 Å². The molecular formula is C16H13Cl2NO4. The Morgan fingerprint density at radius 2 is 1.65 bits per heavy atom. The van der Waals surface area contributed by atoms with Crippen molar-refractivity contribution in [3.63, 3.8) is 0 Å². The number of halogens is 2. The van der Waals surface area contributed by atoms with Crippen molar-refractivity contribution in [3.05, 3.63) is 58.1 Å². The van der Waals surface area contributed by atoms with Crippen LogP contribution in [0.5, 0.6) is 5.75 Å². The summed E-state index contributed by atoms with van der Waals surface area (Å²) in [6.07, 6.45) is 0. The average molecular weight is 354 g/mol.